The Morgan fingerprint density at radius 3 is 2.39 bits per heavy atom. The maximum atomic E-state index is 14.5. The normalized spacial score (nSPS) is 20.8. The van der Waals surface area contributed by atoms with E-state index in [2.05, 4.69) is 10.6 Å². The Balaban J connectivity index is 1.29. The summed E-state index contributed by atoms with van der Waals surface area (Å²) in [7, 11) is 0. The zero-order valence-corrected chi connectivity index (χ0v) is 22.2. The second-order valence-corrected chi connectivity index (χ2v) is 11.3. The summed E-state index contributed by atoms with van der Waals surface area (Å²) in [5, 5.41) is 6.22. The van der Waals surface area contributed by atoms with Gasteiger partial charge in [0.15, 0.2) is 0 Å². The molecule has 0 spiro atoms. The zero-order chi connectivity index (χ0) is 26.9. The maximum absolute atomic E-state index is 14.5. The van der Waals surface area contributed by atoms with Gasteiger partial charge < -0.3 is 20.4 Å². The third-order valence-electron chi connectivity index (χ3n) is 8.44. The van der Waals surface area contributed by atoms with Crippen molar-refractivity contribution in [2.45, 2.75) is 63.5 Å². The van der Waals surface area contributed by atoms with Crippen LogP contribution in [0.5, 0.6) is 0 Å². The fraction of sp³-hybridized carbons (Fsp3) is 0.500. The quantitative estimate of drug-likeness (QED) is 0.613. The number of likely N-dealkylation sites (tertiary alicyclic amines) is 1. The van der Waals surface area contributed by atoms with Gasteiger partial charge in [0.05, 0.1) is 5.41 Å². The van der Waals surface area contributed by atoms with Crippen LogP contribution in [0.15, 0.2) is 48.5 Å². The molecule has 0 aromatic heterocycles. The van der Waals surface area contributed by atoms with Crippen LogP contribution in [0.2, 0.25) is 0 Å². The number of carbonyl (C=O) groups is 3. The largest absolute Gasteiger partial charge is 0.344 e. The van der Waals surface area contributed by atoms with Gasteiger partial charge in [-0.05, 0) is 75.9 Å². The number of hydrogen-bond donors (Lipinski definition) is 2. The number of carbonyl (C=O) groups excluding carboxylic acids is 3. The van der Waals surface area contributed by atoms with Gasteiger partial charge in [0.2, 0.25) is 17.7 Å². The number of fused-ring (bicyclic) bond motifs is 1. The third kappa shape index (κ3) is 5.06. The van der Waals surface area contributed by atoms with E-state index in [0.29, 0.717) is 31.5 Å². The van der Waals surface area contributed by atoms with Crippen LogP contribution < -0.4 is 15.5 Å². The smallest absolute Gasteiger partial charge is 0.245 e. The minimum absolute atomic E-state index is 0.00354. The topological polar surface area (TPSA) is 81.8 Å². The highest BCUT2D eigenvalue weighted by atomic mass is 19.1. The van der Waals surface area contributed by atoms with E-state index in [1.54, 1.807) is 23.1 Å². The number of nitrogens with one attached hydrogen (secondary N) is 2. The molecule has 1 unspecified atom stereocenters. The van der Waals surface area contributed by atoms with E-state index in [-0.39, 0.29) is 41.9 Å². The van der Waals surface area contributed by atoms with Crippen molar-refractivity contribution in [3.63, 3.8) is 0 Å². The lowest BCUT2D eigenvalue weighted by Gasteiger charge is -2.39. The van der Waals surface area contributed by atoms with Crippen LogP contribution in [0, 0.1) is 11.7 Å². The molecule has 0 bridgehead atoms. The number of para-hydroxylation sites is 1. The van der Waals surface area contributed by atoms with E-state index in [9.17, 15) is 18.8 Å². The molecular weight excluding hydrogens is 483 g/mol. The summed E-state index contributed by atoms with van der Waals surface area (Å²) in [5.41, 5.74) is 1.83. The third-order valence-corrected chi connectivity index (χ3v) is 8.44. The molecule has 0 aliphatic carbocycles. The van der Waals surface area contributed by atoms with Crippen molar-refractivity contribution in [1.29, 1.82) is 0 Å². The average molecular weight is 521 g/mol. The summed E-state index contributed by atoms with van der Waals surface area (Å²) in [6.07, 6.45) is 2.85. The van der Waals surface area contributed by atoms with Crippen molar-refractivity contribution in [3.05, 3.63) is 65.5 Å². The second-order valence-electron chi connectivity index (χ2n) is 11.3. The van der Waals surface area contributed by atoms with Crippen molar-refractivity contribution in [2.75, 3.05) is 31.1 Å². The lowest BCUT2D eigenvalue weighted by molar-refractivity contribution is -0.138. The van der Waals surface area contributed by atoms with Crippen LogP contribution in [0.25, 0.3) is 0 Å². The standard InChI is InChI=1S/C30H37FN4O3/c1-30(2)23-8-4-6-10-26(23)35(29(30)38)22-13-17-34(18-14-22)28(37)25(19-21-7-3-5-9-24(21)31)33-27(36)20-11-15-32-16-12-20/h3-10,20,22,25,32H,11-19H2,1-2H3,(H,33,36). The van der Waals surface area contributed by atoms with Gasteiger partial charge >= 0.3 is 0 Å². The highest BCUT2D eigenvalue weighted by Crippen LogP contribution is 2.43. The maximum Gasteiger partial charge on any atom is 0.245 e. The van der Waals surface area contributed by atoms with E-state index in [0.717, 1.165) is 37.2 Å². The summed E-state index contributed by atoms with van der Waals surface area (Å²) in [6, 6.07) is 13.5. The average Bonchev–Trinajstić information content (AvgIpc) is 3.14. The van der Waals surface area contributed by atoms with Gasteiger partial charge in [-0.15, -0.1) is 0 Å². The van der Waals surface area contributed by atoms with E-state index in [1.165, 1.54) is 6.07 Å². The van der Waals surface area contributed by atoms with E-state index >= 15 is 0 Å². The number of rotatable bonds is 6. The number of anilines is 1. The first-order chi connectivity index (χ1) is 18.3. The highest BCUT2D eigenvalue weighted by molar-refractivity contribution is 6.08. The van der Waals surface area contributed by atoms with Crippen LogP contribution in [-0.2, 0) is 26.2 Å². The van der Waals surface area contributed by atoms with E-state index < -0.39 is 11.5 Å². The van der Waals surface area contributed by atoms with Gasteiger partial charge in [-0.3, -0.25) is 14.4 Å². The molecule has 5 rings (SSSR count). The molecule has 0 radical (unpaired) electrons. The lowest BCUT2D eigenvalue weighted by atomic mass is 9.86. The summed E-state index contributed by atoms with van der Waals surface area (Å²) in [5.74, 6) is -0.772. The second kappa shape index (κ2) is 10.8. The molecule has 2 N–H and O–H groups in total. The summed E-state index contributed by atoms with van der Waals surface area (Å²) < 4.78 is 14.5. The van der Waals surface area contributed by atoms with Crippen molar-refractivity contribution in [3.8, 4) is 0 Å². The van der Waals surface area contributed by atoms with Gasteiger partial charge in [-0.1, -0.05) is 36.4 Å². The monoisotopic (exact) mass is 520 g/mol. The van der Waals surface area contributed by atoms with Crippen LogP contribution >= 0.6 is 0 Å². The first kappa shape index (κ1) is 26.4. The van der Waals surface area contributed by atoms with Gasteiger partial charge in [0.1, 0.15) is 11.9 Å². The van der Waals surface area contributed by atoms with Gasteiger partial charge in [-0.25, -0.2) is 4.39 Å². The van der Waals surface area contributed by atoms with Crippen molar-refractivity contribution in [1.82, 2.24) is 15.5 Å². The molecule has 8 heteroatoms. The number of halogens is 1. The first-order valence-corrected chi connectivity index (χ1v) is 13.7. The number of nitrogens with zero attached hydrogens (tertiary/aromatic N) is 2. The van der Waals surface area contributed by atoms with Crippen molar-refractivity contribution in [2.24, 2.45) is 5.92 Å². The first-order valence-electron chi connectivity index (χ1n) is 13.7. The molecule has 2 saturated heterocycles. The molecule has 2 aromatic rings. The minimum Gasteiger partial charge on any atom is -0.344 e. The SMILES string of the molecule is CC1(C)C(=O)N(C2CCN(C(=O)C(Cc3ccccc3F)NC(=O)C3CCNCC3)CC2)c2ccccc21. The predicted octanol–water partition coefficient (Wildman–Crippen LogP) is 3.17. The summed E-state index contributed by atoms with van der Waals surface area (Å²) in [6.45, 7) is 6.43. The number of benzene rings is 2. The highest BCUT2D eigenvalue weighted by Gasteiger charge is 2.47. The molecule has 3 aliphatic heterocycles. The Kier molecular flexibility index (Phi) is 7.52. The number of piperidine rings is 2. The van der Waals surface area contributed by atoms with Crippen LogP contribution in [0.1, 0.15) is 50.7 Å². The van der Waals surface area contributed by atoms with E-state index in [1.807, 2.05) is 43.0 Å². The predicted molar refractivity (Wildman–Crippen MR) is 144 cm³/mol. The van der Waals surface area contributed by atoms with Crippen molar-refractivity contribution >= 4 is 23.4 Å². The molecule has 3 heterocycles. The zero-order valence-electron chi connectivity index (χ0n) is 22.2. The molecule has 38 heavy (non-hydrogen) atoms. The van der Waals surface area contributed by atoms with Crippen LogP contribution in [0.4, 0.5) is 10.1 Å². The Hall–Kier alpha value is -3.26. The number of amides is 3. The van der Waals surface area contributed by atoms with Gasteiger partial charge in [0, 0.05) is 37.2 Å². The lowest BCUT2D eigenvalue weighted by Crippen LogP contribution is -2.55. The van der Waals surface area contributed by atoms with Crippen LogP contribution in [0.3, 0.4) is 0 Å². The molecule has 3 aliphatic rings. The fourth-order valence-electron chi connectivity index (χ4n) is 6.12. The molecule has 7 nitrogen and oxygen atoms in total. The summed E-state index contributed by atoms with van der Waals surface area (Å²) in [4.78, 5) is 43.8. The molecule has 3 amide bonds. The Labute approximate surface area is 223 Å². The molecule has 2 fully saturated rings. The molecule has 2 aromatic carbocycles. The van der Waals surface area contributed by atoms with Crippen molar-refractivity contribution < 1.29 is 18.8 Å². The van der Waals surface area contributed by atoms with Crippen LogP contribution in [-0.4, -0.2) is 60.9 Å². The number of hydrogen-bond acceptors (Lipinski definition) is 4. The Morgan fingerprint density at radius 1 is 1.03 bits per heavy atom. The molecular formula is C30H37FN4O3. The van der Waals surface area contributed by atoms with E-state index in [4.69, 9.17) is 0 Å². The molecule has 0 saturated carbocycles. The van der Waals surface area contributed by atoms with Gasteiger partial charge in [0.25, 0.3) is 0 Å². The molecule has 1 atom stereocenters. The fourth-order valence-corrected chi connectivity index (χ4v) is 6.12. The Morgan fingerprint density at radius 2 is 1.68 bits per heavy atom. The molecule has 202 valence electrons. The summed E-state index contributed by atoms with van der Waals surface area (Å²) >= 11 is 0. The Bertz CT molecular complexity index is 1200. The van der Waals surface area contributed by atoms with Gasteiger partial charge in [-0.2, -0.15) is 0 Å². The minimum atomic E-state index is -0.834.